The van der Waals surface area contributed by atoms with Crippen molar-refractivity contribution in [3.63, 3.8) is 0 Å². The monoisotopic (exact) mass is 504 g/mol. The van der Waals surface area contributed by atoms with Gasteiger partial charge in [0.1, 0.15) is 18.1 Å². The fourth-order valence-corrected chi connectivity index (χ4v) is 3.97. The van der Waals surface area contributed by atoms with Crippen LogP contribution in [0, 0.1) is 0 Å². The van der Waals surface area contributed by atoms with Gasteiger partial charge in [-0.2, -0.15) is 0 Å². The number of nitrogens with one attached hydrogen (secondary N) is 4. The number of nitrogens with two attached hydrogens (primary N) is 1. The Kier molecular flexibility index (Phi) is 8.72. The number of H-pyrrole nitrogens is 2. The first kappa shape index (κ1) is 26.3. The van der Waals surface area contributed by atoms with Gasteiger partial charge in [0.05, 0.1) is 25.1 Å². The van der Waals surface area contributed by atoms with Crippen LogP contribution in [0.5, 0.6) is 0 Å². The minimum Gasteiger partial charge on any atom is -0.481 e. The normalized spacial score (nSPS) is 17.7. The van der Waals surface area contributed by atoms with E-state index in [0.29, 0.717) is 24.2 Å². The Morgan fingerprint density at radius 2 is 1.64 bits per heavy atom. The Morgan fingerprint density at radius 3 is 2.17 bits per heavy atom. The fraction of sp³-hybridized carbons (Fsp3) is 0.476. The number of aliphatic carboxylic acids is 2. The van der Waals surface area contributed by atoms with E-state index in [1.165, 1.54) is 29.9 Å². The van der Waals surface area contributed by atoms with Crippen LogP contribution in [-0.2, 0) is 36.8 Å². The number of hydrogen-bond donors (Lipinski definition) is 7. The molecular formula is C21H28N8O7. The van der Waals surface area contributed by atoms with Crippen LogP contribution in [0.1, 0.15) is 30.7 Å². The highest BCUT2D eigenvalue weighted by Crippen LogP contribution is 2.19. The summed E-state index contributed by atoms with van der Waals surface area (Å²) in [6.45, 7) is 0.215. The summed E-state index contributed by atoms with van der Waals surface area (Å²) in [7, 11) is 0. The van der Waals surface area contributed by atoms with Gasteiger partial charge in [-0.05, 0) is 12.8 Å². The number of aromatic amines is 2. The molecule has 0 spiro atoms. The number of imidazole rings is 2. The van der Waals surface area contributed by atoms with Crippen molar-refractivity contribution in [3.8, 4) is 0 Å². The highest BCUT2D eigenvalue weighted by atomic mass is 16.4. The van der Waals surface area contributed by atoms with Gasteiger partial charge in [0, 0.05) is 43.2 Å². The number of carboxylic acids is 2. The maximum atomic E-state index is 13.1. The minimum absolute atomic E-state index is 0.0207. The van der Waals surface area contributed by atoms with E-state index in [-0.39, 0.29) is 19.4 Å². The Morgan fingerprint density at radius 1 is 1.03 bits per heavy atom. The maximum Gasteiger partial charge on any atom is 0.326 e. The van der Waals surface area contributed by atoms with Crippen molar-refractivity contribution < 1.29 is 34.2 Å². The molecule has 4 unspecified atom stereocenters. The van der Waals surface area contributed by atoms with E-state index in [2.05, 4.69) is 30.6 Å². The van der Waals surface area contributed by atoms with E-state index in [9.17, 15) is 29.1 Å². The third-order valence-electron chi connectivity index (χ3n) is 5.76. The molecule has 0 aromatic carbocycles. The first-order valence-corrected chi connectivity index (χ1v) is 11.2. The lowest BCUT2D eigenvalue weighted by Gasteiger charge is -2.28. The van der Waals surface area contributed by atoms with Crippen LogP contribution < -0.4 is 16.4 Å². The number of carboxylic acid groups (broad SMARTS) is 2. The van der Waals surface area contributed by atoms with E-state index in [4.69, 9.17) is 10.8 Å². The van der Waals surface area contributed by atoms with Crippen molar-refractivity contribution in [2.75, 3.05) is 6.54 Å². The molecule has 0 aliphatic carbocycles. The average Bonchev–Trinajstić information content (AvgIpc) is 3.59. The summed E-state index contributed by atoms with van der Waals surface area (Å²) in [4.78, 5) is 76.1. The van der Waals surface area contributed by atoms with E-state index in [0.717, 1.165) is 0 Å². The molecule has 3 amide bonds. The highest BCUT2D eigenvalue weighted by Gasteiger charge is 2.38. The van der Waals surface area contributed by atoms with E-state index >= 15 is 0 Å². The first-order valence-electron chi connectivity index (χ1n) is 11.2. The molecule has 15 nitrogen and oxygen atoms in total. The molecule has 1 aliphatic heterocycles. The van der Waals surface area contributed by atoms with Gasteiger partial charge in [-0.3, -0.25) is 19.2 Å². The number of hydrogen-bond acceptors (Lipinski definition) is 8. The van der Waals surface area contributed by atoms with Crippen molar-refractivity contribution in [1.82, 2.24) is 35.5 Å². The van der Waals surface area contributed by atoms with Crippen LogP contribution >= 0.6 is 0 Å². The molecule has 0 bridgehead atoms. The second-order valence-electron chi connectivity index (χ2n) is 8.42. The summed E-state index contributed by atoms with van der Waals surface area (Å²) in [5, 5.41) is 23.5. The molecule has 2 aromatic rings. The lowest BCUT2D eigenvalue weighted by molar-refractivity contribution is -0.144. The van der Waals surface area contributed by atoms with Crippen molar-refractivity contribution in [3.05, 3.63) is 36.4 Å². The summed E-state index contributed by atoms with van der Waals surface area (Å²) in [6, 6.07) is -4.74. The minimum atomic E-state index is -1.31. The van der Waals surface area contributed by atoms with Crippen LogP contribution in [0.2, 0.25) is 0 Å². The van der Waals surface area contributed by atoms with Crippen molar-refractivity contribution >= 4 is 29.7 Å². The molecule has 8 N–H and O–H groups in total. The zero-order valence-corrected chi connectivity index (χ0v) is 19.2. The summed E-state index contributed by atoms with van der Waals surface area (Å²) >= 11 is 0. The molecule has 2 aromatic heterocycles. The van der Waals surface area contributed by atoms with Gasteiger partial charge in [0.15, 0.2) is 0 Å². The Labute approximate surface area is 204 Å². The summed E-state index contributed by atoms with van der Waals surface area (Å²) < 4.78 is 0. The smallest absolute Gasteiger partial charge is 0.326 e. The average molecular weight is 505 g/mol. The second-order valence-corrected chi connectivity index (χ2v) is 8.42. The van der Waals surface area contributed by atoms with E-state index < -0.39 is 60.2 Å². The maximum absolute atomic E-state index is 13.1. The first-order chi connectivity index (χ1) is 17.2. The van der Waals surface area contributed by atoms with Gasteiger partial charge in [-0.15, -0.1) is 0 Å². The van der Waals surface area contributed by atoms with Crippen LogP contribution in [-0.4, -0.2) is 95.4 Å². The Balaban J connectivity index is 1.72. The summed E-state index contributed by atoms with van der Waals surface area (Å²) in [5.41, 5.74) is 6.71. The third kappa shape index (κ3) is 6.88. The van der Waals surface area contributed by atoms with Gasteiger partial charge in [-0.25, -0.2) is 14.8 Å². The zero-order chi connectivity index (χ0) is 26.2. The lowest BCUT2D eigenvalue weighted by atomic mass is 10.1. The molecule has 36 heavy (non-hydrogen) atoms. The quantitative estimate of drug-likeness (QED) is 0.164. The molecule has 194 valence electrons. The van der Waals surface area contributed by atoms with Crippen molar-refractivity contribution in [2.45, 2.75) is 56.3 Å². The standard InChI is InChI=1S/C21H28N8O7/c22-13(6-17(30)31)20(34)29-3-1-2-16(29)19(33)27-14(4-11-7-23-9-25-11)18(32)28-15(21(35)36)5-12-8-24-10-26-12/h7-10,13-16H,1-6,22H2,(H,23,25)(H,24,26)(H,27,33)(H,28,32)(H,30,31)(H,35,36). The molecule has 1 saturated heterocycles. The highest BCUT2D eigenvalue weighted by molar-refractivity contribution is 5.95. The third-order valence-corrected chi connectivity index (χ3v) is 5.76. The number of aromatic nitrogens is 4. The number of rotatable bonds is 12. The SMILES string of the molecule is NC(CC(=O)O)C(=O)N1CCCC1C(=O)NC(Cc1cnc[nH]1)C(=O)NC(Cc1cnc[nH]1)C(=O)O. The van der Waals surface area contributed by atoms with Crippen LogP contribution in [0.3, 0.4) is 0 Å². The largest absolute Gasteiger partial charge is 0.481 e. The van der Waals surface area contributed by atoms with Gasteiger partial charge in [-0.1, -0.05) is 0 Å². The van der Waals surface area contributed by atoms with Crippen LogP contribution in [0.4, 0.5) is 0 Å². The van der Waals surface area contributed by atoms with Gasteiger partial charge in [0.25, 0.3) is 0 Å². The number of carbonyl (C=O) groups excluding carboxylic acids is 3. The van der Waals surface area contributed by atoms with Crippen molar-refractivity contribution in [2.24, 2.45) is 5.73 Å². The second kappa shape index (κ2) is 11.9. The molecule has 15 heteroatoms. The molecule has 3 rings (SSSR count). The predicted molar refractivity (Wildman–Crippen MR) is 121 cm³/mol. The molecule has 1 aliphatic rings. The molecule has 1 fully saturated rings. The topological polar surface area (TPSA) is 236 Å². The fourth-order valence-electron chi connectivity index (χ4n) is 3.97. The lowest BCUT2D eigenvalue weighted by Crippen LogP contribution is -2.57. The molecule has 0 saturated carbocycles. The van der Waals surface area contributed by atoms with Crippen molar-refractivity contribution in [1.29, 1.82) is 0 Å². The number of likely N-dealkylation sites (tertiary alicyclic amines) is 1. The van der Waals surface area contributed by atoms with E-state index in [1.54, 1.807) is 0 Å². The summed E-state index contributed by atoms with van der Waals surface area (Å²) in [6.07, 6.45) is 5.81. The number of carbonyl (C=O) groups is 5. The predicted octanol–water partition coefficient (Wildman–Crippen LogP) is -2.23. The Hall–Kier alpha value is -4.27. The Bertz CT molecular complexity index is 1070. The zero-order valence-electron chi connectivity index (χ0n) is 19.2. The number of amides is 3. The molecule has 3 heterocycles. The van der Waals surface area contributed by atoms with Crippen LogP contribution in [0.15, 0.2) is 25.0 Å². The van der Waals surface area contributed by atoms with Gasteiger partial charge in [0.2, 0.25) is 17.7 Å². The molecule has 4 atom stereocenters. The number of nitrogens with zero attached hydrogens (tertiary/aromatic N) is 3. The van der Waals surface area contributed by atoms with Crippen LogP contribution in [0.25, 0.3) is 0 Å². The van der Waals surface area contributed by atoms with Gasteiger partial charge < -0.3 is 41.4 Å². The van der Waals surface area contributed by atoms with Gasteiger partial charge >= 0.3 is 11.9 Å². The van der Waals surface area contributed by atoms with E-state index in [1.807, 2.05) is 0 Å². The molecular weight excluding hydrogens is 476 g/mol. The summed E-state index contributed by atoms with van der Waals surface area (Å²) in [5.74, 6) is -4.57. The molecule has 0 radical (unpaired) electrons.